The Labute approximate surface area is 105 Å². The number of halogens is 2. The number of hydrogen-bond acceptors (Lipinski definition) is 2. The van der Waals surface area contributed by atoms with Crippen LogP contribution >= 0.6 is 11.6 Å². The number of nitriles is 1. The van der Waals surface area contributed by atoms with Gasteiger partial charge < -0.3 is 4.74 Å². The summed E-state index contributed by atoms with van der Waals surface area (Å²) in [5.74, 6) is -0.156. The molecule has 0 amide bonds. The van der Waals surface area contributed by atoms with Crippen LogP contribution in [0, 0.1) is 17.1 Å². The van der Waals surface area contributed by atoms with E-state index in [1.165, 1.54) is 19.2 Å². The van der Waals surface area contributed by atoms with Gasteiger partial charge in [-0.3, -0.25) is 0 Å². The van der Waals surface area contributed by atoms with Gasteiger partial charge in [0.15, 0.2) is 0 Å². The molecule has 0 N–H and O–H groups in total. The summed E-state index contributed by atoms with van der Waals surface area (Å²) in [5, 5.41) is 9.12. The molecule has 1 aromatic rings. The van der Waals surface area contributed by atoms with E-state index in [-0.39, 0.29) is 10.6 Å². The van der Waals surface area contributed by atoms with Crippen LogP contribution in [-0.4, -0.2) is 7.11 Å². The van der Waals surface area contributed by atoms with Crippen LogP contribution in [0.15, 0.2) is 23.8 Å². The van der Waals surface area contributed by atoms with E-state index in [4.69, 9.17) is 21.6 Å². The number of methoxy groups -OCH3 is 1. The maximum atomic E-state index is 13.7. The van der Waals surface area contributed by atoms with E-state index in [0.717, 1.165) is 6.42 Å². The highest BCUT2D eigenvalue weighted by atomic mass is 35.5. The Morgan fingerprint density at radius 3 is 2.76 bits per heavy atom. The second-order valence-electron chi connectivity index (χ2n) is 3.47. The molecular weight excluding hydrogens is 241 g/mol. The summed E-state index contributed by atoms with van der Waals surface area (Å²) in [5.41, 5.74) is 0.527. The highest BCUT2D eigenvalue weighted by Gasteiger charge is 2.16. The zero-order valence-corrected chi connectivity index (χ0v) is 10.5. The van der Waals surface area contributed by atoms with Crippen molar-refractivity contribution < 1.29 is 9.13 Å². The normalized spacial score (nSPS) is 11.7. The first-order valence-electron chi connectivity index (χ1n) is 5.27. The van der Waals surface area contributed by atoms with Gasteiger partial charge in [-0.2, -0.15) is 5.26 Å². The van der Waals surface area contributed by atoms with Crippen molar-refractivity contribution in [3.8, 4) is 11.8 Å². The Morgan fingerprint density at radius 1 is 1.53 bits per heavy atom. The van der Waals surface area contributed by atoms with Crippen molar-refractivity contribution in [2.75, 3.05) is 7.11 Å². The molecule has 0 radical (unpaired) electrons. The topological polar surface area (TPSA) is 33.0 Å². The molecule has 0 fully saturated rings. The Balaban J connectivity index is 3.37. The molecule has 90 valence electrons. The van der Waals surface area contributed by atoms with Crippen molar-refractivity contribution in [2.45, 2.75) is 19.8 Å². The molecule has 1 rings (SSSR count). The van der Waals surface area contributed by atoms with Crippen LogP contribution in [0.3, 0.4) is 0 Å². The van der Waals surface area contributed by atoms with Gasteiger partial charge in [-0.15, -0.1) is 0 Å². The van der Waals surface area contributed by atoms with Crippen LogP contribution in [0.1, 0.15) is 25.3 Å². The van der Waals surface area contributed by atoms with E-state index in [1.54, 1.807) is 6.07 Å². The molecule has 2 nitrogen and oxygen atoms in total. The fraction of sp³-hybridized carbons (Fsp3) is 0.308. The number of nitrogens with zero attached hydrogens (tertiary/aromatic N) is 1. The molecule has 0 aliphatic carbocycles. The van der Waals surface area contributed by atoms with Gasteiger partial charge in [-0.25, -0.2) is 4.39 Å². The van der Waals surface area contributed by atoms with E-state index in [1.807, 2.05) is 13.0 Å². The van der Waals surface area contributed by atoms with Gasteiger partial charge in [-0.1, -0.05) is 31.0 Å². The van der Waals surface area contributed by atoms with Gasteiger partial charge in [0.05, 0.1) is 23.8 Å². The average Bonchev–Trinajstić information content (AvgIpc) is 2.34. The lowest BCUT2D eigenvalue weighted by Crippen LogP contribution is -1.95. The van der Waals surface area contributed by atoms with E-state index >= 15 is 0 Å². The van der Waals surface area contributed by atoms with Crippen molar-refractivity contribution >= 4 is 16.6 Å². The van der Waals surface area contributed by atoms with E-state index in [2.05, 4.69) is 0 Å². The fourth-order valence-electron chi connectivity index (χ4n) is 1.50. The molecule has 0 aliphatic rings. The van der Waals surface area contributed by atoms with Gasteiger partial charge in [0.2, 0.25) is 0 Å². The van der Waals surface area contributed by atoms with Crippen LogP contribution < -0.4 is 4.74 Å². The molecule has 0 spiro atoms. The molecule has 0 atom stereocenters. The second kappa shape index (κ2) is 6.27. The Hall–Kier alpha value is -1.53. The second-order valence-corrected chi connectivity index (χ2v) is 3.85. The molecule has 0 heterocycles. The van der Waals surface area contributed by atoms with Crippen LogP contribution in [0.5, 0.6) is 5.75 Å². The van der Waals surface area contributed by atoms with E-state index < -0.39 is 5.82 Å². The first-order chi connectivity index (χ1) is 8.15. The van der Waals surface area contributed by atoms with Gasteiger partial charge in [0.25, 0.3) is 0 Å². The first kappa shape index (κ1) is 13.5. The maximum Gasteiger partial charge on any atom is 0.135 e. The summed E-state index contributed by atoms with van der Waals surface area (Å²) >= 11 is 6.08. The van der Waals surface area contributed by atoms with Crippen LogP contribution in [-0.2, 0) is 0 Å². The SMILES string of the molecule is CCCC(C#N)=C(Cl)c1c(F)cccc1OC. The standard InChI is InChI=1S/C13H13ClFNO/c1-3-5-9(8-16)13(14)12-10(15)6-4-7-11(12)17-2/h4,6-7H,3,5H2,1-2H3. The molecule has 0 aliphatic heterocycles. The summed E-state index contributed by atoms with van der Waals surface area (Å²) in [6.07, 6.45) is 1.29. The van der Waals surface area contributed by atoms with E-state index in [9.17, 15) is 4.39 Å². The predicted octanol–water partition coefficient (Wildman–Crippen LogP) is 4.11. The highest BCUT2D eigenvalue weighted by molar-refractivity contribution is 6.49. The Morgan fingerprint density at radius 2 is 2.24 bits per heavy atom. The lowest BCUT2D eigenvalue weighted by molar-refractivity contribution is 0.410. The minimum Gasteiger partial charge on any atom is -0.496 e. The Kier molecular flexibility index (Phi) is 4.99. The summed E-state index contributed by atoms with van der Waals surface area (Å²) in [7, 11) is 1.44. The third-order valence-corrected chi connectivity index (χ3v) is 2.73. The first-order valence-corrected chi connectivity index (χ1v) is 5.65. The number of allylic oxidation sites excluding steroid dienone is 1. The van der Waals surface area contributed by atoms with Crippen LogP contribution in [0.2, 0.25) is 0 Å². The zero-order valence-electron chi connectivity index (χ0n) is 9.76. The minimum absolute atomic E-state index is 0.129. The molecule has 1 aromatic carbocycles. The molecule has 0 aromatic heterocycles. The molecular formula is C13H13ClFNO. The number of ether oxygens (including phenoxy) is 1. The zero-order chi connectivity index (χ0) is 12.8. The van der Waals surface area contributed by atoms with Crippen molar-refractivity contribution in [1.29, 1.82) is 5.26 Å². The fourth-order valence-corrected chi connectivity index (χ4v) is 1.82. The van der Waals surface area contributed by atoms with Crippen molar-refractivity contribution in [1.82, 2.24) is 0 Å². The van der Waals surface area contributed by atoms with Crippen molar-refractivity contribution in [2.24, 2.45) is 0 Å². The third-order valence-electron chi connectivity index (χ3n) is 2.31. The summed E-state index contributed by atoms with van der Waals surface area (Å²) < 4.78 is 18.8. The van der Waals surface area contributed by atoms with Gasteiger partial charge in [0.1, 0.15) is 11.6 Å². The van der Waals surface area contributed by atoms with Crippen molar-refractivity contribution in [3.63, 3.8) is 0 Å². The molecule has 4 heteroatoms. The van der Waals surface area contributed by atoms with E-state index in [0.29, 0.717) is 17.7 Å². The van der Waals surface area contributed by atoms with Crippen LogP contribution in [0.4, 0.5) is 4.39 Å². The van der Waals surface area contributed by atoms with Gasteiger partial charge in [0, 0.05) is 5.57 Å². The monoisotopic (exact) mass is 253 g/mol. The summed E-state index contributed by atoms with van der Waals surface area (Å²) in [6.45, 7) is 1.93. The molecule has 0 bridgehead atoms. The minimum atomic E-state index is -0.488. The quantitative estimate of drug-likeness (QED) is 0.757. The summed E-state index contributed by atoms with van der Waals surface area (Å²) in [4.78, 5) is 0. The van der Waals surface area contributed by atoms with Crippen LogP contribution in [0.25, 0.3) is 5.03 Å². The van der Waals surface area contributed by atoms with Gasteiger partial charge in [-0.05, 0) is 18.6 Å². The Bertz CT molecular complexity index is 477. The average molecular weight is 254 g/mol. The maximum absolute atomic E-state index is 13.7. The largest absolute Gasteiger partial charge is 0.496 e. The lowest BCUT2D eigenvalue weighted by Gasteiger charge is -2.09. The van der Waals surface area contributed by atoms with Gasteiger partial charge >= 0.3 is 0 Å². The molecule has 0 unspecified atom stereocenters. The lowest BCUT2D eigenvalue weighted by atomic mass is 10.1. The number of benzene rings is 1. The molecule has 0 saturated heterocycles. The predicted molar refractivity (Wildman–Crippen MR) is 66.2 cm³/mol. The van der Waals surface area contributed by atoms with Crippen molar-refractivity contribution in [3.05, 3.63) is 35.2 Å². The smallest absolute Gasteiger partial charge is 0.135 e. The summed E-state index contributed by atoms with van der Waals surface area (Å²) in [6, 6.07) is 6.45. The molecule has 0 saturated carbocycles. The molecule has 17 heavy (non-hydrogen) atoms. The highest BCUT2D eigenvalue weighted by Crippen LogP contribution is 2.34. The number of rotatable bonds is 4. The number of hydrogen-bond donors (Lipinski definition) is 0. The third kappa shape index (κ3) is 2.98.